The minimum atomic E-state index is -0.276. The monoisotopic (exact) mass is 431 g/mol. The Morgan fingerprint density at radius 3 is 2.19 bits per heavy atom. The van der Waals surface area contributed by atoms with Crippen LogP contribution in [0.25, 0.3) is 18.2 Å². The normalized spacial score (nSPS) is 11.0. The van der Waals surface area contributed by atoms with Crippen LogP contribution < -0.4 is 19.5 Å². The summed E-state index contributed by atoms with van der Waals surface area (Å²) in [5, 5.41) is 12.4. The SMILES string of the molecule is COc1cc(C=Cc2ccccc2NC(=O)/C=C/c2cccc(O)c2)cc(OC)c1OC. The Kier molecular flexibility index (Phi) is 7.54. The van der Waals surface area contributed by atoms with Gasteiger partial charge in [0.25, 0.3) is 0 Å². The predicted molar refractivity (Wildman–Crippen MR) is 127 cm³/mol. The third-order valence-electron chi connectivity index (χ3n) is 4.66. The number of nitrogens with one attached hydrogen (secondary N) is 1. The van der Waals surface area contributed by atoms with Gasteiger partial charge in [-0.25, -0.2) is 0 Å². The first-order chi connectivity index (χ1) is 15.5. The third kappa shape index (κ3) is 5.70. The fraction of sp³-hybridized carbons (Fsp3) is 0.115. The quantitative estimate of drug-likeness (QED) is 0.377. The Labute approximate surface area is 187 Å². The zero-order valence-electron chi connectivity index (χ0n) is 18.2. The molecule has 0 heterocycles. The van der Waals surface area contributed by atoms with Crippen molar-refractivity contribution in [2.45, 2.75) is 0 Å². The van der Waals surface area contributed by atoms with Crippen LogP contribution in [0.1, 0.15) is 16.7 Å². The second kappa shape index (κ2) is 10.7. The zero-order valence-corrected chi connectivity index (χ0v) is 18.2. The van der Waals surface area contributed by atoms with Crippen molar-refractivity contribution in [1.82, 2.24) is 0 Å². The topological polar surface area (TPSA) is 77.0 Å². The molecule has 3 aromatic rings. The second-order valence-corrected chi connectivity index (χ2v) is 6.80. The first kappa shape index (κ1) is 22.5. The van der Waals surface area contributed by atoms with Crippen molar-refractivity contribution in [3.05, 3.63) is 83.4 Å². The lowest BCUT2D eigenvalue weighted by Crippen LogP contribution is -2.08. The number of amides is 1. The van der Waals surface area contributed by atoms with Crippen LogP contribution in [0.15, 0.2) is 66.7 Å². The van der Waals surface area contributed by atoms with Crippen molar-refractivity contribution < 1.29 is 24.1 Å². The Bertz CT molecular complexity index is 1130. The summed E-state index contributed by atoms with van der Waals surface area (Å²) in [5.74, 6) is 1.52. The van der Waals surface area contributed by atoms with E-state index in [1.165, 1.54) is 6.08 Å². The summed E-state index contributed by atoms with van der Waals surface area (Å²) in [6.45, 7) is 0. The molecule has 6 heteroatoms. The van der Waals surface area contributed by atoms with Crippen molar-refractivity contribution in [3.8, 4) is 23.0 Å². The second-order valence-electron chi connectivity index (χ2n) is 6.80. The summed E-state index contributed by atoms with van der Waals surface area (Å²) in [5.41, 5.74) is 3.09. The number of rotatable bonds is 8. The Balaban J connectivity index is 1.79. The van der Waals surface area contributed by atoms with Gasteiger partial charge in [0, 0.05) is 11.8 Å². The maximum absolute atomic E-state index is 12.4. The van der Waals surface area contributed by atoms with Gasteiger partial charge in [-0.15, -0.1) is 0 Å². The van der Waals surface area contributed by atoms with Crippen LogP contribution >= 0.6 is 0 Å². The number of ether oxygens (including phenoxy) is 3. The number of hydrogen-bond acceptors (Lipinski definition) is 5. The summed E-state index contributed by atoms with van der Waals surface area (Å²) in [6, 6.07) is 17.9. The number of carbonyl (C=O) groups excluding carboxylic acids is 1. The van der Waals surface area contributed by atoms with Crippen LogP contribution in [-0.2, 0) is 4.79 Å². The molecule has 0 aromatic heterocycles. The minimum Gasteiger partial charge on any atom is -0.508 e. The van der Waals surface area contributed by atoms with Crippen molar-refractivity contribution in [2.75, 3.05) is 26.6 Å². The molecule has 3 aromatic carbocycles. The largest absolute Gasteiger partial charge is 0.508 e. The fourth-order valence-corrected chi connectivity index (χ4v) is 3.11. The summed E-state index contributed by atoms with van der Waals surface area (Å²) in [6.07, 6.45) is 6.87. The van der Waals surface area contributed by atoms with Crippen molar-refractivity contribution >= 4 is 29.8 Å². The van der Waals surface area contributed by atoms with E-state index in [0.717, 1.165) is 16.7 Å². The molecule has 0 aliphatic heterocycles. The van der Waals surface area contributed by atoms with E-state index in [1.54, 1.807) is 51.7 Å². The van der Waals surface area contributed by atoms with E-state index in [4.69, 9.17) is 14.2 Å². The van der Waals surface area contributed by atoms with E-state index >= 15 is 0 Å². The molecule has 2 N–H and O–H groups in total. The molecule has 0 radical (unpaired) electrons. The molecule has 0 spiro atoms. The van der Waals surface area contributed by atoms with Gasteiger partial charge in [-0.05, 0) is 53.1 Å². The molecular weight excluding hydrogens is 406 g/mol. The van der Waals surface area contributed by atoms with Crippen LogP contribution in [0, 0.1) is 0 Å². The van der Waals surface area contributed by atoms with Gasteiger partial charge in [0.2, 0.25) is 11.7 Å². The highest BCUT2D eigenvalue weighted by atomic mass is 16.5. The molecule has 0 atom stereocenters. The number of benzene rings is 3. The lowest BCUT2D eigenvalue weighted by atomic mass is 10.1. The summed E-state index contributed by atoms with van der Waals surface area (Å²) in [4.78, 5) is 12.4. The number of anilines is 1. The Morgan fingerprint density at radius 2 is 1.53 bits per heavy atom. The number of para-hydroxylation sites is 1. The van der Waals surface area contributed by atoms with Crippen LogP contribution in [0.5, 0.6) is 23.0 Å². The van der Waals surface area contributed by atoms with Gasteiger partial charge >= 0.3 is 0 Å². The molecule has 0 aliphatic rings. The average molecular weight is 431 g/mol. The minimum absolute atomic E-state index is 0.148. The number of methoxy groups -OCH3 is 3. The van der Waals surface area contributed by atoms with Gasteiger partial charge in [-0.3, -0.25) is 4.79 Å². The molecule has 164 valence electrons. The van der Waals surface area contributed by atoms with E-state index in [9.17, 15) is 9.90 Å². The predicted octanol–water partition coefficient (Wildman–Crippen LogP) is 5.24. The summed E-state index contributed by atoms with van der Waals surface area (Å²) < 4.78 is 16.2. The van der Waals surface area contributed by atoms with E-state index in [0.29, 0.717) is 22.9 Å². The first-order valence-corrected chi connectivity index (χ1v) is 9.89. The summed E-state index contributed by atoms with van der Waals surface area (Å²) in [7, 11) is 4.70. The Morgan fingerprint density at radius 1 is 0.812 bits per heavy atom. The summed E-state index contributed by atoms with van der Waals surface area (Å²) >= 11 is 0. The molecule has 0 saturated heterocycles. The van der Waals surface area contributed by atoms with Gasteiger partial charge in [0.05, 0.1) is 21.3 Å². The maximum atomic E-state index is 12.4. The van der Waals surface area contributed by atoms with Crippen molar-refractivity contribution in [3.63, 3.8) is 0 Å². The number of carbonyl (C=O) groups is 1. The van der Waals surface area contributed by atoms with Gasteiger partial charge in [-0.1, -0.05) is 42.5 Å². The van der Waals surface area contributed by atoms with Gasteiger partial charge in [0.1, 0.15) is 5.75 Å². The average Bonchev–Trinajstić information content (AvgIpc) is 2.81. The molecular formula is C26H25NO5. The molecule has 6 nitrogen and oxygen atoms in total. The van der Waals surface area contributed by atoms with Crippen LogP contribution in [0.2, 0.25) is 0 Å². The molecule has 3 rings (SSSR count). The number of hydrogen-bond donors (Lipinski definition) is 2. The van der Waals surface area contributed by atoms with E-state index < -0.39 is 0 Å². The first-order valence-electron chi connectivity index (χ1n) is 9.89. The number of aromatic hydroxyl groups is 1. The molecule has 0 aliphatic carbocycles. The van der Waals surface area contributed by atoms with E-state index in [-0.39, 0.29) is 11.7 Å². The highest BCUT2D eigenvalue weighted by Crippen LogP contribution is 2.38. The van der Waals surface area contributed by atoms with Gasteiger partial charge in [0.15, 0.2) is 11.5 Å². The number of phenols is 1. The van der Waals surface area contributed by atoms with E-state index in [1.807, 2.05) is 48.6 Å². The number of phenolic OH excluding ortho intramolecular Hbond substituents is 1. The standard InChI is InChI=1S/C26H25NO5/c1-30-23-16-19(17-24(31-2)26(23)32-3)11-13-20-8-4-5-10-22(20)27-25(29)14-12-18-7-6-9-21(28)15-18/h4-17,28H,1-3H3,(H,27,29)/b13-11?,14-12+. The van der Waals surface area contributed by atoms with Crippen LogP contribution in [0.4, 0.5) is 5.69 Å². The molecule has 0 fully saturated rings. The lowest BCUT2D eigenvalue weighted by Gasteiger charge is -2.13. The lowest BCUT2D eigenvalue weighted by molar-refractivity contribution is -0.111. The zero-order chi connectivity index (χ0) is 22.9. The molecule has 0 unspecified atom stereocenters. The van der Waals surface area contributed by atoms with E-state index in [2.05, 4.69) is 5.32 Å². The van der Waals surface area contributed by atoms with Gasteiger partial charge in [-0.2, -0.15) is 0 Å². The third-order valence-corrected chi connectivity index (χ3v) is 4.66. The highest BCUT2D eigenvalue weighted by molar-refractivity contribution is 6.03. The smallest absolute Gasteiger partial charge is 0.248 e. The Hall–Kier alpha value is -4.19. The van der Waals surface area contributed by atoms with Gasteiger partial charge < -0.3 is 24.6 Å². The molecule has 0 saturated carbocycles. The molecule has 32 heavy (non-hydrogen) atoms. The highest BCUT2D eigenvalue weighted by Gasteiger charge is 2.12. The van der Waals surface area contributed by atoms with Crippen molar-refractivity contribution in [2.24, 2.45) is 0 Å². The van der Waals surface area contributed by atoms with Crippen LogP contribution in [0.3, 0.4) is 0 Å². The fourth-order valence-electron chi connectivity index (χ4n) is 3.11. The van der Waals surface area contributed by atoms with Crippen LogP contribution in [-0.4, -0.2) is 32.3 Å². The van der Waals surface area contributed by atoms with Crippen molar-refractivity contribution in [1.29, 1.82) is 0 Å². The molecule has 1 amide bonds. The molecule has 0 bridgehead atoms. The maximum Gasteiger partial charge on any atom is 0.248 e.